The molecule has 7 nitrogen and oxygen atoms in total. The molecule has 0 radical (unpaired) electrons. The van der Waals surface area contributed by atoms with E-state index in [0.717, 1.165) is 29.4 Å². The zero-order valence-corrected chi connectivity index (χ0v) is 12.4. The number of thioether (sulfide) groups is 1. The fraction of sp³-hybridized carbons (Fsp3) is 0.231. The van der Waals surface area contributed by atoms with Gasteiger partial charge in [-0.15, -0.1) is 0 Å². The van der Waals surface area contributed by atoms with Gasteiger partial charge in [-0.25, -0.2) is 0 Å². The molecule has 0 saturated heterocycles. The maximum Gasteiger partial charge on any atom is 0.234 e. The van der Waals surface area contributed by atoms with Crippen molar-refractivity contribution in [2.24, 2.45) is 0 Å². The maximum atomic E-state index is 12.0. The smallest absolute Gasteiger partial charge is 0.234 e. The van der Waals surface area contributed by atoms with E-state index in [1.54, 1.807) is 0 Å². The van der Waals surface area contributed by atoms with Gasteiger partial charge in [0.1, 0.15) is 0 Å². The topological polar surface area (TPSA) is 120 Å². The highest BCUT2D eigenvalue weighted by molar-refractivity contribution is 7.99. The summed E-state index contributed by atoms with van der Waals surface area (Å²) >= 11 is 1.16. The minimum Gasteiger partial charge on any atom is -0.368 e. The van der Waals surface area contributed by atoms with Crippen LogP contribution in [0, 0.1) is 0 Å². The normalized spacial score (nSPS) is 10.3. The van der Waals surface area contributed by atoms with Crippen LogP contribution in [0.3, 0.4) is 0 Å². The largest absolute Gasteiger partial charge is 0.368 e. The first-order valence-corrected chi connectivity index (χ1v) is 7.34. The first-order chi connectivity index (χ1) is 10.1. The number of para-hydroxylation sites is 1. The molecular weight excluding hydrogens is 288 g/mol. The van der Waals surface area contributed by atoms with Crippen molar-refractivity contribution in [3.05, 3.63) is 29.8 Å². The summed E-state index contributed by atoms with van der Waals surface area (Å²) in [5, 5.41) is 3.20. The Labute approximate surface area is 126 Å². The van der Waals surface area contributed by atoms with Gasteiger partial charge in [0.2, 0.25) is 17.8 Å². The van der Waals surface area contributed by atoms with Crippen LogP contribution in [0.25, 0.3) is 0 Å². The number of amides is 1. The van der Waals surface area contributed by atoms with Crippen LogP contribution in [0.5, 0.6) is 0 Å². The van der Waals surface area contributed by atoms with Gasteiger partial charge in [0, 0.05) is 5.69 Å². The van der Waals surface area contributed by atoms with Crippen LogP contribution in [0.15, 0.2) is 29.4 Å². The molecule has 110 valence electrons. The number of carbonyl (C=O) groups is 1. The van der Waals surface area contributed by atoms with Gasteiger partial charge < -0.3 is 16.8 Å². The van der Waals surface area contributed by atoms with Crippen LogP contribution >= 0.6 is 11.8 Å². The first kappa shape index (κ1) is 15.0. The van der Waals surface area contributed by atoms with E-state index in [0.29, 0.717) is 5.16 Å². The monoisotopic (exact) mass is 304 g/mol. The number of hydrogen-bond acceptors (Lipinski definition) is 7. The van der Waals surface area contributed by atoms with E-state index in [2.05, 4.69) is 20.3 Å². The molecule has 0 atom stereocenters. The van der Waals surface area contributed by atoms with E-state index in [9.17, 15) is 4.79 Å². The molecule has 1 heterocycles. The van der Waals surface area contributed by atoms with Gasteiger partial charge in [0.15, 0.2) is 5.16 Å². The van der Waals surface area contributed by atoms with E-state index in [1.807, 2.05) is 31.2 Å². The first-order valence-electron chi connectivity index (χ1n) is 6.36. The average Bonchev–Trinajstić information content (AvgIpc) is 2.45. The summed E-state index contributed by atoms with van der Waals surface area (Å²) in [6, 6.07) is 7.69. The molecule has 2 aromatic rings. The number of nitrogens with two attached hydrogens (primary N) is 2. The lowest BCUT2D eigenvalue weighted by Crippen LogP contribution is -2.15. The van der Waals surface area contributed by atoms with Crippen molar-refractivity contribution in [2.45, 2.75) is 18.5 Å². The molecule has 0 aliphatic heterocycles. The number of nitrogens with zero attached hydrogens (tertiary/aromatic N) is 3. The van der Waals surface area contributed by atoms with Gasteiger partial charge in [-0.1, -0.05) is 36.9 Å². The average molecular weight is 304 g/mol. The number of rotatable bonds is 5. The van der Waals surface area contributed by atoms with Crippen molar-refractivity contribution in [1.82, 2.24) is 15.0 Å². The van der Waals surface area contributed by atoms with Crippen molar-refractivity contribution in [1.29, 1.82) is 0 Å². The van der Waals surface area contributed by atoms with Gasteiger partial charge in [-0.05, 0) is 18.1 Å². The number of aryl methyl sites for hydroxylation is 1. The molecule has 2 rings (SSSR count). The van der Waals surface area contributed by atoms with Crippen molar-refractivity contribution in [3.63, 3.8) is 0 Å². The van der Waals surface area contributed by atoms with Crippen LogP contribution in [-0.2, 0) is 11.2 Å². The zero-order chi connectivity index (χ0) is 15.2. The second-order valence-corrected chi connectivity index (χ2v) is 5.12. The van der Waals surface area contributed by atoms with Crippen LogP contribution in [0.1, 0.15) is 12.5 Å². The molecule has 1 aromatic heterocycles. The third-order valence-electron chi connectivity index (χ3n) is 2.65. The lowest BCUT2D eigenvalue weighted by atomic mass is 10.1. The summed E-state index contributed by atoms with van der Waals surface area (Å²) < 4.78 is 0. The Kier molecular flexibility index (Phi) is 4.94. The van der Waals surface area contributed by atoms with Crippen LogP contribution in [-0.4, -0.2) is 26.6 Å². The second kappa shape index (κ2) is 6.89. The van der Waals surface area contributed by atoms with Crippen LogP contribution in [0.2, 0.25) is 0 Å². The lowest BCUT2D eigenvalue weighted by Gasteiger charge is -2.09. The summed E-state index contributed by atoms with van der Waals surface area (Å²) in [5.74, 6) is 0.114. The molecule has 0 saturated carbocycles. The summed E-state index contributed by atoms with van der Waals surface area (Å²) in [6.07, 6.45) is 0.851. The number of benzene rings is 1. The lowest BCUT2D eigenvalue weighted by molar-refractivity contribution is -0.113. The predicted octanol–water partition coefficient (Wildman–Crippen LogP) is 1.33. The SMILES string of the molecule is CCc1ccccc1NC(=O)CSc1nc(N)nc(N)n1. The molecule has 8 heteroatoms. The second-order valence-electron chi connectivity index (χ2n) is 4.18. The van der Waals surface area contributed by atoms with Gasteiger partial charge in [-0.3, -0.25) is 4.79 Å². The molecule has 0 aliphatic carbocycles. The quantitative estimate of drug-likeness (QED) is 0.713. The van der Waals surface area contributed by atoms with Crippen LogP contribution in [0.4, 0.5) is 17.6 Å². The molecule has 0 spiro atoms. The Balaban J connectivity index is 1.96. The molecule has 0 aliphatic rings. The number of hydrogen-bond donors (Lipinski definition) is 3. The van der Waals surface area contributed by atoms with E-state index in [1.165, 1.54) is 0 Å². The van der Waals surface area contributed by atoms with E-state index in [-0.39, 0.29) is 23.6 Å². The van der Waals surface area contributed by atoms with E-state index < -0.39 is 0 Å². The highest BCUT2D eigenvalue weighted by Crippen LogP contribution is 2.18. The van der Waals surface area contributed by atoms with E-state index >= 15 is 0 Å². The van der Waals surface area contributed by atoms with Crippen molar-refractivity contribution < 1.29 is 4.79 Å². The molecule has 21 heavy (non-hydrogen) atoms. The van der Waals surface area contributed by atoms with Crippen molar-refractivity contribution >= 4 is 35.3 Å². The number of anilines is 3. The summed E-state index contributed by atoms with van der Waals surface area (Å²) in [6.45, 7) is 2.04. The fourth-order valence-electron chi connectivity index (χ4n) is 1.72. The molecule has 0 fully saturated rings. The summed E-state index contributed by atoms with van der Waals surface area (Å²) in [4.78, 5) is 23.4. The van der Waals surface area contributed by atoms with Gasteiger partial charge in [0.05, 0.1) is 5.75 Å². The molecular formula is C13H16N6OS. The van der Waals surface area contributed by atoms with Crippen molar-refractivity contribution in [2.75, 3.05) is 22.5 Å². The molecule has 1 amide bonds. The molecule has 0 bridgehead atoms. The Morgan fingerprint density at radius 2 is 1.86 bits per heavy atom. The van der Waals surface area contributed by atoms with Crippen molar-refractivity contribution in [3.8, 4) is 0 Å². The molecule has 1 aromatic carbocycles. The summed E-state index contributed by atoms with van der Waals surface area (Å²) in [7, 11) is 0. The predicted molar refractivity (Wildman–Crippen MR) is 83.8 cm³/mol. The fourth-order valence-corrected chi connectivity index (χ4v) is 2.37. The number of nitrogens with one attached hydrogen (secondary N) is 1. The van der Waals surface area contributed by atoms with E-state index in [4.69, 9.17) is 11.5 Å². The van der Waals surface area contributed by atoms with Gasteiger partial charge in [-0.2, -0.15) is 15.0 Å². The highest BCUT2D eigenvalue weighted by atomic mass is 32.2. The Morgan fingerprint density at radius 1 is 1.19 bits per heavy atom. The third-order valence-corrected chi connectivity index (χ3v) is 3.50. The summed E-state index contributed by atoms with van der Waals surface area (Å²) in [5.41, 5.74) is 12.8. The maximum absolute atomic E-state index is 12.0. The minimum atomic E-state index is -0.140. The standard InChI is InChI=1S/C13H16N6OS/c1-2-8-5-3-4-6-9(8)16-10(20)7-21-13-18-11(14)17-12(15)19-13/h3-6H,2,7H2,1H3,(H,16,20)(H4,14,15,17,18,19). The van der Waals surface area contributed by atoms with Gasteiger partial charge >= 0.3 is 0 Å². The zero-order valence-electron chi connectivity index (χ0n) is 11.5. The number of carbonyl (C=O) groups excluding carboxylic acids is 1. The van der Waals surface area contributed by atoms with Gasteiger partial charge in [0.25, 0.3) is 0 Å². The minimum absolute atomic E-state index is 0.0433. The third kappa shape index (κ3) is 4.32. The number of aromatic nitrogens is 3. The Bertz CT molecular complexity index is 628. The molecule has 0 unspecified atom stereocenters. The van der Waals surface area contributed by atoms with Crippen LogP contribution < -0.4 is 16.8 Å². The number of nitrogen functional groups attached to an aromatic ring is 2. The Hall–Kier alpha value is -2.35. The molecule has 5 N–H and O–H groups in total. The Morgan fingerprint density at radius 3 is 2.52 bits per heavy atom. The highest BCUT2D eigenvalue weighted by Gasteiger charge is 2.09.